The third-order valence-electron chi connectivity index (χ3n) is 4.32. The zero-order chi connectivity index (χ0) is 22.1. The van der Waals surface area contributed by atoms with E-state index in [1.165, 1.54) is 6.07 Å². The van der Waals surface area contributed by atoms with Gasteiger partial charge in [-0.1, -0.05) is 30.3 Å². The molecule has 0 unspecified atom stereocenters. The van der Waals surface area contributed by atoms with E-state index in [9.17, 15) is 23.6 Å². The Morgan fingerprint density at radius 2 is 1.53 bits per heavy atom. The molecule has 0 saturated heterocycles. The number of rotatable bonds is 2. The third kappa shape index (κ3) is 4.24. The van der Waals surface area contributed by atoms with E-state index in [2.05, 4.69) is 0 Å². The van der Waals surface area contributed by atoms with Crippen molar-refractivity contribution >= 4 is 43.0 Å². The summed E-state index contributed by atoms with van der Waals surface area (Å²) in [6.45, 7) is 0. The van der Waals surface area contributed by atoms with Crippen molar-refractivity contribution in [2.75, 3.05) is 5.73 Å². The van der Waals surface area contributed by atoms with Crippen LogP contribution >= 0.6 is 0 Å². The van der Waals surface area contributed by atoms with E-state index < -0.39 is 25.7 Å². The molecule has 0 bridgehead atoms. The number of nitrogens with two attached hydrogens (primary N) is 1. The van der Waals surface area contributed by atoms with Gasteiger partial charge in [0.25, 0.3) is 15.8 Å². The van der Waals surface area contributed by atoms with Crippen LogP contribution in [0.1, 0.15) is 0 Å². The maximum Gasteiger partial charge on any atom is 0.295 e. The standard InChI is InChI=1S/C10H8N2O6S.C10H8O/c11-10-6-2-1-5(12(14)15)3-7(6)9(4-8(10)13)19(16,17)18;11-10-6-5-8-3-1-2-4-9(8)7-10/h1-4,13H,11H2,(H,16,17,18);1-7,11H. The van der Waals surface area contributed by atoms with Gasteiger partial charge in [0, 0.05) is 29.0 Å². The van der Waals surface area contributed by atoms with E-state index in [-0.39, 0.29) is 22.1 Å². The van der Waals surface area contributed by atoms with Crippen molar-refractivity contribution in [3.63, 3.8) is 0 Å². The summed E-state index contributed by atoms with van der Waals surface area (Å²) in [6.07, 6.45) is 0. The number of fused-ring (bicyclic) bond motifs is 2. The van der Waals surface area contributed by atoms with Gasteiger partial charge in [-0.05, 0) is 29.0 Å². The average Bonchev–Trinajstić information content (AvgIpc) is 2.69. The molecule has 154 valence electrons. The molecular weight excluding hydrogens is 412 g/mol. The van der Waals surface area contributed by atoms with Crippen LogP contribution < -0.4 is 5.73 Å². The van der Waals surface area contributed by atoms with Crippen molar-refractivity contribution in [1.82, 2.24) is 0 Å². The molecule has 30 heavy (non-hydrogen) atoms. The molecule has 9 nitrogen and oxygen atoms in total. The number of phenolic OH excluding ortho intramolecular Hbond substituents is 2. The Hall–Kier alpha value is -3.89. The number of anilines is 1. The number of phenols is 2. The number of aromatic hydroxyl groups is 2. The lowest BCUT2D eigenvalue weighted by molar-refractivity contribution is -0.384. The maximum atomic E-state index is 11.2. The highest BCUT2D eigenvalue weighted by Crippen LogP contribution is 2.36. The monoisotopic (exact) mass is 428 g/mol. The molecule has 0 spiro atoms. The van der Waals surface area contributed by atoms with Crippen molar-refractivity contribution < 1.29 is 28.1 Å². The van der Waals surface area contributed by atoms with Gasteiger partial charge in [-0.2, -0.15) is 8.42 Å². The molecule has 0 heterocycles. The van der Waals surface area contributed by atoms with Gasteiger partial charge in [0.2, 0.25) is 0 Å². The fourth-order valence-corrected chi connectivity index (χ4v) is 3.60. The van der Waals surface area contributed by atoms with Gasteiger partial charge < -0.3 is 15.9 Å². The highest BCUT2D eigenvalue weighted by Gasteiger charge is 2.20. The summed E-state index contributed by atoms with van der Waals surface area (Å²) < 4.78 is 31.5. The largest absolute Gasteiger partial charge is 0.508 e. The van der Waals surface area contributed by atoms with Crippen LogP contribution in [-0.2, 0) is 10.1 Å². The number of hydrogen-bond acceptors (Lipinski definition) is 7. The van der Waals surface area contributed by atoms with Crippen molar-refractivity contribution in [2.24, 2.45) is 0 Å². The molecule has 0 saturated carbocycles. The van der Waals surface area contributed by atoms with Crippen LogP contribution in [0.4, 0.5) is 11.4 Å². The van der Waals surface area contributed by atoms with Crippen LogP contribution in [-0.4, -0.2) is 28.1 Å². The van der Waals surface area contributed by atoms with Crippen LogP contribution in [0.25, 0.3) is 21.5 Å². The first-order valence-electron chi connectivity index (χ1n) is 8.43. The highest BCUT2D eigenvalue weighted by atomic mass is 32.2. The minimum atomic E-state index is -4.65. The molecule has 5 N–H and O–H groups in total. The van der Waals surface area contributed by atoms with Gasteiger partial charge in [0.05, 0.1) is 10.6 Å². The normalized spacial score (nSPS) is 11.1. The molecule has 0 aliphatic heterocycles. The van der Waals surface area contributed by atoms with Crippen molar-refractivity contribution in [3.05, 3.63) is 76.8 Å². The molecule has 0 radical (unpaired) electrons. The van der Waals surface area contributed by atoms with Crippen molar-refractivity contribution in [1.29, 1.82) is 0 Å². The number of nitrogen functional groups attached to an aromatic ring is 1. The number of hydrogen-bond donors (Lipinski definition) is 4. The van der Waals surface area contributed by atoms with Gasteiger partial charge in [-0.3, -0.25) is 14.7 Å². The SMILES string of the molecule is Nc1c(O)cc(S(=O)(=O)O)c2cc([N+](=O)[O-])ccc12.Oc1ccc2ccccc2c1. The van der Waals surface area contributed by atoms with Crippen molar-refractivity contribution in [2.45, 2.75) is 4.90 Å². The Morgan fingerprint density at radius 1 is 0.867 bits per heavy atom. The van der Waals surface area contributed by atoms with Gasteiger partial charge in [-0.25, -0.2) is 0 Å². The van der Waals surface area contributed by atoms with Crippen LogP contribution in [0.15, 0.2) is 71.6 Å². The molecule has 0 aliphatic carbocycles. The summed E-state index contributed by atoms with van der Waals surface area (Å²) in [6, 6.07) is 17.3. The Bertz CT molecular complexity index is 1390. The number of nitro benzene ring substituents is 1. The third-order valence-corrected chi connectivity index (χ3v) is 5.22. The van der Waals surface area contributed by atoms with Crippen molar-refractivity contribution in [3.8, 4) is 11.5 Å². The Labute approximate surface area is 170 Å². The van der Waals surface area contributed by atoms with Crippen LogP contribution in [0.5, 0.6) is 11.5 Å². The number of benzene rings is 4. The zero-order valence-electron chi connectivity index (χ0n) is 15.3. The lowest BCUT2D eigenvalue weighted by Gasteiger charge is -2.08. The second-order valence-corrected chi connectivity index (χ2v) is 7.69. The first-order valence-corrected chi connectivity index (χ1v) is 9.87. The van der Waals surface area contributed by atoms with Crippen LogP contribution in [0.2, 0.25) is 0 Å². The van der Waals surface area contributed by atoms with Gasteiger partial charge >= 0.3 is 0 Å². The van der Waals surface area contributed by atoms with Gasteiger partial charge in [0.1, 0.15) is 16.4 Å². The van der Waals surface area contributed by atoms with Gasteiger partial charge in [0.15, 0.2) is 0 Å². The number of nitrogens with zero attached hydrogens (tertiary/aromatic N) is 1. The van der Waals surface area contributed by atoms with E-state index in [1.54, 1.807) is 12.1 Å². The summed E-state index contributed by atoms with van der Waals surface area (Å²) in [7, 11) is -4.65. The fourth-order valence-electron chi connectivity index (χ4n) is 2.89. The number of nitro groups is 1. The molecule has 4 rings (SSSR count). The Morgan fingerprint density at radius 3 is 2.17 bits per heavy atom. The second kappa shape index (κ2) is 7.85. The quantitative estimate of drug-likeness (QED) is 0.123. The molecule has 0 aliphatic rings. The zero-order valence-corrected chi connectivity index (χ0v) is 16.1. The fraction of sp³-hybridized carbons (Fsp3) is 0. The summed E-state index contributed by atoms with van der Waals surface area (Å²) >= 11 is 0. The maximum absolute atomic E-state index is 11.2. The average molecular weight is 428 g/mol. The molecular formula is C20H16N2O7S. The highest BCUT2D eigenvalue weighted by molar-refractivity contribution is 7.86. The van der Waals surface area contributed by atoms with E-state index in [0.717, 1.165) is 29.0 Å². The lowest BCUT2D eigenvalue weighted by atomic mass is 10.1. The molecule has 10 heteroatoms. The molecule has 4 aromatic carbocycles. The predicted octanol–water partition coefficient (Wildman–Crippen LogP) is 3.83. The summed E-state index contributed by atoms with van der Waals surface area (Å²) in [5, 5.41) is 31.5. The minimum absolute atomic E-state index is 0.0956. The minimum Gasteiger partial charge on any atom is -0.508 e. The number of non-ortho nitro benzene ring substituents is 1. The van der Waals surface area contributed by atoms with Crippen LogP contribution in [0.3, 0.4) is 0 Å². The first kappa shape index (κ1) is 20.8. The molecule has 4 aromatic rings. The van der Waals surface area contributed by atoms with Gasteiger partial charge in [-0.15, -0.1) is 0 Å². The molecule has 0 aromatic heterocycles. The van der Waals surface area contributed by atoms with E-state index in [1.807, 2.05) is 30.3 Å². The molecule has 0 atom stereocenters. The Balaban J connectivity index is 0.000000196. The predicted molar refractivity (Wildman–Crippen MR) is 112 cm³/mol. The summed E-state index contributed by atoms with van der Waals surface area (Å²) in [5.74, 6) is -0.210. The topological polar surface area (TPSA) is 164 Å². The second-order valence-electron chi connectivity index (χ2n) is 6.30. The van der Waals surface area contributed by atoms with Crippen LogP contribution in [0, 0.1) is 10.1 Å². The van der Waals surface area contributed by atoms with E-state index in [0.29, 0.717) is 5.75 Å². The summed E-state index contributed by atoms with van der Waals surface area (Å²) in [4.78, 5) is 9.32. The first-order chi connectivity index (χ1) is 14.1. The molecule has 0 fully saturated rings. The summed E-state index contributed by atoms with van der Waals surface area (Å²) in [5.41, 5.74) is 5.07. The molecule has 0 amide bonds. The van der Waals surface area contributed by atoms with E-state index in [4.69, 9.17) is 15.4 Å². The Kier molecular flexibility index (Phi) is 5.45. The smallest absolute Gasteiger partial charge is 0.295 e. The van der Waals surface area contributed by atoms with E-state index >= 15 is 0 Å². The lowest BCUT2D eigenvalue weighted by Crippen LogP contribution is -2.01.